The molecule has 112 valence electrons. The molecule has 3 rings (SSSR count). The Morgan fingerprint density at radius 1 is 1.33 bits per heavy atom. The standard InChI is InChI=1S/C15H20FN5/c1-9-4-3-5-12(6-9)21-15(18-19-20-21)13-8-11(17)7-10(2)14(13)16/h7-9,12H,3-6,17H2,1-2H3. The van der Waals surface area contributed by atoms with Crippen LogP contribution in [0.5, 0.6) is 0 Å². The zero-order chi connectivity index (χ0) is 15.0. The van der Waals surface area contributed by atoms with E-state index in [4.69, 9.17) is 5.73 Å². The molecule has 0 radical (unpaired) electrons. The quantitative estimate of drug-likeness (QED) is 0.862. The summed E-state index contributed by atoms with van der Waals surface area (Å²) in [4.78, 5) is 0. The highest BCUT2D eigenvalue weighted by molar-refractivity contribution is 5.63. The van der Waals surface area contributed by atoms with Gasteiger partial charge in [-0.15, -0.1) is 5.10 Å². The second kappa shape index (κ2) is 5.42. The molecule has 0 amide bonds. The predicted octanol–water partition coefficient (Wildman–Crippen LogP) is 3.12. The number of aryl methyl sites for hydroxylation is 1. The Kier molecular flexibility index (Phi) is 3.61. The molecule has 21 heavy (non-hydrogen) atoms. The molecule has 1 aromatic heterocycles. The fourth-order valence-corrected chi connectivity index (χ4v) is 3.20. The monoisotopic (exact) mass is 289 g/mol. The Labute approximate surface area is 123 Å². The number of rotatable bonds is 2. The topological polar surface area (TPSA) is 69.6 Å². The summed E-state index contributed by atoms with van der Waals surface area (Å²) in [6, 6.07) is 3.46. The first kappa shape index (κ1) is 14.0. The molecule has 1 fully saturated rings. The molecule has 0 bridgehead atoms. The van der Waals surface area contributed by atoms with E-state index < -0.39 is 0 Å². The van der Waals surface area contributed by atoms with Crippen molar-refractivity contribution in [3.05, 3.63) is 23.5 Å². The number of tetrazole rings is 1. The zero-order valence-corrected chi connectivity index (χ0v) is 12.4. The van der Waals surface area contributed by atoms with Crippen LogP contribution in [0.1, 0.15) is 44.2 Å². The molecular formula is C15H20FN5. The highest BCUT2D eigenvalue weighted by Crippen LogP contribution is 2.35. The van der Waals surface area contributed by atoms with Crippen LogP contribution in [0.4, 0.5) is 10.1 Å². The highest BCUT2D eigenvalue weighted by atomic mass is 19.1. The van der Waals surface area contributed by atoms with Gasteiger partial charge in [0.15, 0.2) is 5.82 Å². The number of nitrogen functional groups attached to an aromatic ring is 1. The molecule has 2 unspecified atom stereocenters. The van der Waals surface area contributed by atoms with Crippen molar-refractivity contribution in [2.45, 2.75) is 45.6 Å². The Morgan fingerprint density at radius 2 is 2.14 bits per heavy atom. The van der Waals surface area contributed by atoms with Gasteiger partial charge in [-0.25, -0.2) is 9.07 Å². The van der Waals surface area contributed by atoms with Crippen LogP contribution in [0.15, 0.2) is 12.1 Å². The molecule has 1 aliphatic carbocycles. The number of aromatic nitrogens is 4. The lowest BCUT2D eigenvalue weighted by Crippen LogP contribution is -2.20. The lowest BCUT2D eigenvalue weighted by molar-refractivity contribution is 0.265. The maximum Gasteiger partial charge on any atom is 0.185 e. The minimum Gasteiger partial charge on any atom is -0.399 e. The summed E-state index contributed by atoms with van der Waals surface area (Å²) in [6.07, 6.45) is 4.45. The van der Waals surface area contributed by atoms with Crippen LogP contribution in [0, 0.1) is 18.7 Å². The third-order valence-electron chi connectivity index (χ3n) is 4.27. The zero-order valence-electron chi connectivity index (χ0n) is 12.4. The van der Waals surface area contributed by atoms with Gasteiger partial charge in [0.1, 0.15) is 5.82 Å². The molecule has 2 aromatic rings. The summed E-state index contributed by atoms with van der Waals surface area (Å²) in [6.45, 7) is 3.94. The van der Waals surface area contributed by atoms with Gasteiger partial charge in [-0.1, -0.05) is 19.8 Å². The molecule has 2 atom stereocenters. The third-order valence-corrected chi connectivity index (χ3v) is 4.27. The number of nitrogens with two attached hydrogens (primary N) is 1. The molecule has 0 aliphatic heterocycles. The van der Waals surface area contributed by atoms with Gasteiger partial charge in [0.25, 0.3) is 0 Å². The first-order valence-corrected chi connectivity index (χ1v) is 7.40. The van der Waals surface area contributed by atoms with Crippen LogP contribution >= 0.6 is 0 Å². The van der Waals surface area contributed by atoms with Gasteiger partial charge in [0, 0.05) is 5.69 Å². The Hall–Kier alpha value is -1.98. The van der Waals surface area contributed by atoms with E-state index in [-0.39, 0.29) is 11.9 Å². The molecule has 1 aromatic carbocycles. The number of benzene rings is 1. The van der Waals surface area contributed by atoms with E-state index in [2.05, 4.69) is 22.4 Å². The van der Waals surface area contributed by atoms with Crippen LogP contribution in [0.2, 0.25) is 0 Å². The Balaban J connectivity index is 2.03. The molecule has 6 heteroatoms. The highest BCUT2D eigenvalue weighted by Gasteiger charge is 2.25. The third kappa shape index (κ3) is 2.62. The number of anilines is 1. The van der Waals surface area contributed by atoms with Gasteiger partial charge < -0.3 is 5.73 Å². The molecule has 1 saturated carbocycles. The van der Waals surface area contributed by atoms with Crippen molar-refractivity contribution in [3.63, 3.8) is 0 Å². The molecular weight excluding hydrogens is 269 g/mol. The summed E-state index contributed by atoms with van der Waals surface area (Å²) in [7, 11) is 0. The fourth-order valence-electron chi connectivity index (χ4n) is 3.20. The van der Waals surface area contributed by atoms with Crippen molar-refractivity contribution in [2.24, 2.45) is 5.92 Å². The van der Waals surface area contributed by atoms with Crippen molar-refractivity contribution in [1.29, 1.82) is 0 Å². The van der Waals surface area contributed by atoms with Gasteiger partial charge in [-0.05, 0) is 53.8 Å². The Bertz CT molecular complexity index is 652. The SMILES string of the molecule is Cc1cc(N)cc(-c2nnnn2C2CCCC(C)C2)c1F. The van der Waals surface area contributed by atoms with Crippen LogP contribution in [-0.2, 0) is 0 Å². The molecule has 5 nitrogen and oxygen atoms in total. The fraction of sp³-hybridized carbons (Fsp3) is 0.533. The maximum atomic E-state index is 14.4. The predicted molar refractivity (Wildman–Crippen MR) is 79.0 cm³/mol. The first-order chi connectivity index (χ1) is 10.1. The average molecular weight is 289 g/mol. The minimum absolute atomic E-state index is 0.236. The van der Waals surface area contributed by atoms with E-state index in [9.17, 15) is 4.39 Å². The summed E-state index contributed by atoms with van der Waals surface area (Å²) in [5, 5.41) is 11.9. The van der Waals surface area contributed by atoms with E-state index in [1.54, 1.807) is 23.7 Å². The van der Waals surface area contributed by atoms with Gasteiger partial charge in [-0.2, -0.15) is 0 Å². The number of halogens is 1. The van der Waals surface area contributed by atoms with Gasteiger partial charge in [0.2, 0.25) is 0 Å². The Morgan fingerprint density at radius 3 is 2.90 bits per heavy atom. The molecule has 1 aliphatic rings. The summed E-state index contributed by atoms with van der Waals surface area (Å²) in [5.41, 5.74) is 7.26. The molecule has 0 spiro atoms. The minimum atomic E-state index is -0.302. The van der Waals surface area contributed by atoms with E-state index in [0.29, 0.717) is 28.6 Å². The number of nitrogens with zero attached hydrogens (tertiary/aromatic N) is 4. The second-order valence-electron chi connectivity index (χ2n) is 6.07. The first-order valence-electron chi connectivity index (χ1n) is 7.40. The van der Waals surface area contributed by atoms with E-state index in [1.807, 2.05) is 0 Å². The van der Waals surface area contributed by atoms with Crippen LogP contribution in [0.25, 0.3) is 11.4 Å². The van der Waals surface area contributed by atoms with Crippen molar-refractivity contribution in [3.8, 4) is 11.4 Å². The largest absolute Gasteiger partial charge is 0.399 e. The van der Waals surface area contributed by atoms with E-state index in [0.717, 1.165) is 19.3 Å². The lowest BCUT2D eigenvalue weighted by atomic mass is 9.87. The number of hydrogen-bond acceptors (Lipinski definition) is 4. The van der Waals surface area contributed by atoms with Gasteiger partial charge >= 0.3 is 0 Å². The van der Waals surface area contributed by atoms with Gasteiger partial charge in [0.05, 0.1) is 11.6 Å². The normalized spacial score (nSPS) is 22.4. The van der Waals surface area contributed by atoms with Crippen LogP contribution in [-0.4, -0.2) is 20.2 Å². The number of hydrogen-bond donors (Lipinski definition) is 1. The maximum absolute atomic E-state index is 14.4. The summed E-state index contributed by atoms with van der Waals surface area (Å²) in [5.74, 6) is 0.819. The van der Waals surface area contributed by atoms with Crippen molar-refractivity contribution >= 4 is 5.69 Å². The van der Waals surface area contributed by atoms with Crippen molar-refractivity contribution < 1.29 is 4.39 Å². The van der Waals surface area contributed by atoms with Crippen molar-refractivity contribution in [1.82, 2.24) is 20.2 Å². The molecule has 2 N–H and O–H groups in total. The molecule has 1 heterocycles. The van der Waals surface area contributed by atoms with E-state index >= 15 is 0 Å². The van der Waals surface area contributed by atoms with Gasteiger partial charge in [-0.3, -0.25) is 0 Å². The lowest BCUT2D eigenvalue weighted by Gasteiger charge is -2.27. The molecule has 0 saturated heterocycles. The smallest absolute Gasteiger partial charge is 0.185 e. The van der Waals surface area contributed by atoms with E-state index in [1.165, 1.54) is 6.42 Å². The summed E-state index contributed by atoms with van der Waals surface area (Å²) < 4.78 is 16.2. The van der Waals surface area contributed by atoms with Crippen molar-refractivity contribution in [2.75, 3.05) is 5.73 Å². The summed E-state index contributed by atoms with van der Waals surface area (Å²) >= 11 is 0. The van der Waals surface area contributed by atoms with Crippen LogP contribution in [0.3, 0.4) is 0 Å². The second-order valence-corrected chi connectivity index (χ2v) is 6.07. The average Bonchev–Trinajstić information content (AvgIpc) is 2.92. The van der Waals surface area contributed by atoms with Crippen LogP contribution < -0.4 is 5.73 Å².